The van der Waals surface area contributed by atoms with E-state index < -0.39 is 6.10 Å². The quantitative estimate of drug-likeness (QED) is 0.871. The largest absolute Gasteiger partial charge is 0.388 e. The average molecular weight is 349 g/mol. The Labute approximate surface area is 144 Å². The number of anilines is 1. The molecule has 2 heterocycles. The molecule has 0 spiro atoms. The molecular weight excluding hydrogens is 329 g/mol. The van der Waals surface area contributed by atoms with Gasteiger partial charge in [0.25, 0.3) is 5.91 Å². The number of nitrogens with zero attached hydrogens (tertiary/aromatic N) is 2. The lowest BCUT2D eigenvalue weighted by Gasteiger charge is -2.26. The van der Waals surface area contributed by atoms with Crippen LogP contribution in [0.25, 0.3) is 0 Å². The van der Waals surface area contributed by atoms with Crippen molar-refractivity contribution in [3.63, 3.8) is 0 Å². The Hall–Kier alpha value is -1.99. The molecule has 0 saturated carbocycles. The number of benzene rings is 1. The molecule has 1 aliphatic rings. The van der Waals surface area contributed by atoms with Gasteiger partial charge in [0.1, 0.15) is 11.5 Å². The lowest BCUT2D eigenvalue weighted by atomic mass is 10.0. The van der Waals surface area contributed by atoms with Crippen molar-refractivity contribution >= 4 is 22.4 Å². The standard InChI is InChI=1S/C17H20FN3O2S/c1-19-17-20-14(10-24-17)16(23)21-8-2-3-13(21)9-15(22)11-4-6-12(18)7-5-11/h4-7,10,13,15,22H,2-3,8-9H2,1H3,(H,19,20). The minimum atomic E-state index is -0.715. The number of aliphatic hydroxyl groups excluding tert-OH is 1. The summed E-state index contributed by atoms with van der Waals surface area (Å²) >= 11 is 1.40. The third-order valence-electron chi connectivity index (χ3n) is 4.33. The van der Waals surface area contributed by atoms with Gasteiger partial charge in [-0.25, -0.2) is 9.37 Å². The highest BCUT2D eigenvalue weighted by Crippen LogP contribution is 2.29. The van der Waals surface area contributed by atoms with Crippen LogP contribution in [0, 0.1) is 5.82 Å². The minimum Gasteiger partial charge on any atom is -0.388 e. The molecule has 1 aliphatic heterocycles. The molecule has 2 aromatic rings. The molecule has 2 N–H and O–H groups in total. The van der Waals surface area contributed by atoms with Crippen molar-refractivity contribution < 1.29 is 14.3 Å². The van der Waals surface area contributed by atoms with Crippen LogP contribution < -0.4 is 5.32 Å². The number of nitrogens with one attached hydrogen (secondary N) is 1. The molecule has 128 valence electrons. The maximum absolute atomic E-state index is 13.0. The molecule has 3 rings (SSSR count). The van der Waals surface area contributed by atoms with Gasteiger partial charge in [-0.3, -0.25) is 4.79 Å². The minimum absolute atomic E-state index is 0.0303. The second kappa shape index (κ2) is 7.27. The number of thiazole rings is 1. The van der Waals surface area contributed by atoms with Crippen LogP contribution in [0.3, 0.4) is 0 Å². The average Bonchev–Trinajstić information content (AvgIpc) is 3.24. The van der Waals surface area contributed by atoms with Crippen LogP contribution in [-0.2, 0) is 0 Å². The Morgan fingerprint density at radius 2 is 2.25 bits per heavy atom. The van der Waals surface area contributed by atoms with Gasteiger partial charge >= 0.3 is 0 Å². The predicted molar refractivity (Wildman–Crippen MR) is 91.7 cm³/mol. The first-order valence-corrected chi connectivity index (χ1v) is 8.84. The molecule has 7 heteroatoms. The molecule has 0 bridgehead atoms. The summed E-state index contributed by atoms with van der Waals surface area (Å²) in [5.41, 5.74) is 1.11. The topological polar surface area (TPSA) is 65.5 Å². The Balaban J connectivity index is 1.68. The van der Waals surface area contributed by atoms with Crippen molar-refractivity contribution in [3.05, 3.63) is 46.7 Å². The van der Waals surface area contributed by atoms with Gasteiger partial charge in [-0.1, -0.05) is 12.1 Å². The summed E-state index contributed by atoms with van der Waals surface area (Å²) in [6.07, 6.45) is 1.50. The number of carbonyl (C=O) groups is 1. The van der Waals surface area contributed by atoms with Crippen LogP contribution in [0.1, 0.15) is 41.4 Å². The zero-order valence-electron chi connectivity index (χ0n) is 13.4. The van der Waals surface area contributed by atoms with Gasteiger partial charge in [-0.15, -0.1) is 11.3 Å². The fourth-order valence-electron chi connectivity index (χ4n) is 3.06. The highest BCUT2D eigenvalue weighted by Gasteiger charge is 2.32. The van der Waals surface area contributed by atoms with E-state index >= 15 is 0 Å². The maximum Gasteiger partial charge on any atom is 0.273 e. The van der Waals surface area contributed by atoms with Gasteiger partial charge < -0.3 is 15.3 Å². The number of likely N-dealkylation sites (tertiary alicyclic amines) is 1. The fourth-order valence-corrected chi connectivity index (χ4v) is 3.71. The molecule has 1 amide bonds. The van der Waals surface area contributed by atoms with Crippen molar-refractivity contribution in [2.24, 2.45) is 0 Å². The molecule has 1 fully saturated rings. The SMILES string of the molecule is CNc1nc(C(=O)N2CCCC2CC(O)c2ccc(F)cc2)cs1. The molecule has 0 radical (unpaired) electrons. The monoisotopic (exact) mass is 349 g/mol. The van der Waals surface area contributed by atoms with Crippen molar-refractivity contribution in [3.8, 4) is 0 Å². The van der Waals surface area contributed by atoms with Gasteiger partial charge in [-0.2, -0.15) is 0 Å². The number of aliphatic hydroxyl groups is 1. The third kappa shape index (κ3) is 3.57. The lowest BCUT2D eigenvalue weighted by Crippen LogP contribution is -2.36. The Bertz CT molecular complexity index is 704. The summed E-state index contributed by atoms with van der Waals surface area (Å²) < 4.78 is 13.0. The smallest absolute Gasteiger partial charge is 0.273 e. The Morgan fingerprint density at radius 3 is 2.92 bits per heavy atom. The lowest BCUT2D eigenvalue weighted by molar-refractivity contribution is 0.0662. The van der Waals surface area contributed by atoms with Gasteiger partial charge in [0.2, 0.25) is 0 Å². The summed E-state index contributed by atoms with van der Waals surface area (Å²) in [7, 11) is 1.77. The van der Waals surface area contributed by atoms with Crippen molar-refractivity contribution in [2.75, 3.05) is 18.9 Å². The molecule has 0 aliphatic carbocycles. The number of rotatable bonds is 5. The molecular formula is C17H20FN3O2S. The molecule has 5 nitrogen and oxygen atoms in total. The number of hydrogen-bond donors (Lipinski definition) is 2. The number of carbonyl (C=O) groups excluding carboxylic acids is 1. The Morgan fingerprint density at radius 1 is 1.50 bits per heavy atom. The van der Waals surface area contributed by atoms with Crippen LogP contribution in [0.4, 0.5) is 9.52 Å². The first-order chi connectivity index (χ1) is 11.6. The second-order valence-corrected chi connectivity index (χ2v) is 6.74. The van der Waals surface area contributed by atoms with Crippen molar-refractivity contribution in [2.45, 2.75) is 31.4 Å². The summed E-state index contributed by atoms with van der Waals surface area (Å²) in [5.74, 6) is -0.422. The zero-order valence-corrected chi connectivity index (χ0v) is 14.2. The maximum atomic E-state index is 13.0. The predicted octanol–water partition coefficient (Wildman–Crippen LogP) is 3.05. The molecule has 2 atom stereocenters. The first-order valence-electron chi connectivity index (χ1n) is 7.96. The van der Waals surface area contributed by atoms with E-state index in [4.69, 9.17) is 0 Å². The van der Waals surface area contributed by atoms with Gasteiger partial charge in [0, 0.05) is 25.0 Å². The molecule has 24 heavy (non-hydrogen) atoms. The van der Waals surface area contributed by atoms with E-state index in [2.05, 4.69) is 10.3 Å². The van der Waals surface area contributed by atoms with E-state index in [0.29, 0.717) is 29.4 Å². The molecule has 2 unspecified atom stereocenters. The van der Waals surface area contributed by atoms with Crippen LogP contribution in [0.2, 0.25) is 0 Å². The molecule has 1 aromatic carbocycles. The second-order valence-electron chi connectivity index (χ2n) is 5.89. The number of aromatic nitrogens is 1. The third-order valence-corrected chi connectivity index (χ3v) is 5.19. The van der Waals surface area contributed by atoms with E-state index in [9.17, 15) is 14.3 Å². The van der Waals surface area contributed by atoms with Crippen LogP contribution >= 0.6 is 11.3 Å². The van der Waals surface area contributed by atoms with Crippen LogP contribution in [0.5, 0.6) is 0 Å². The Kier molecular flexibility index (Phi) is 5.11. The summed E-state index contributed by atoms with van der Waals surface area (Å²) in [4.78, 5) is 18.7. The van der Waals surface area contributed by atoms with E-state index in [1.165, 1.54) is 23.5 Å². The number of halogens is 1. The summed E-state index contributed by atoms with van der Waals surface area (Å²) in [6.45, 7) is 0.673. The normalized spacial score (nSPS) is 18.6. The van der Waals surface area contributed by atoms with Gasteiger partial charge in [-0.05, 0) is 37.0 Å². The van der Waals surface area contributed by atoms with E-state index in [0.717, 1.165) is 12.8 Å². The highest BCUT2D eigenvalue weighted by atomic mass is 32.1. The molecule has 1 aromatic heterocycles. The van der Waals surface area contributed by atoms with Crippen molar-refractivity contribution in [1.82, 2.24) is 9.88 Å². The van der Waals surface area contributed by atoms with Crippen LogP contribution in [-0.4, -0.2) is 40.5 Å². The number of amides is 1. The van der Waals surface area contributed by atoms with Crippen molar-refractivity contribution in [1.29, 1.82) is 0 Å². The van der Waals surface area contributed by atoms with E-state index in [1.807, 2.05) is 0 Å². The van der Waals surface area contributed by atoms with E-state index in [-0.39, 0.29) is 17.8 Å². The highest BCUT2D eigenvalue weighted by molar-refractivity contribution is 7.13. The fraction of sp³-hybridized carbons (Fsp3) is 0.412. The first kappa shape index (κ1) is 16.9. The summed E-state index contributed by atoms with van der Waals surface area (Å²) in [6, 6.07) is 5.81. The summed E-state index contributed by atoms with van der Waals surface area (Å²) in [5, 5.41) is 15.8. The zero-order chi connectivity index (χ0) is 17.1. The van der Waals surface area contributed by atoms with Crippen LogP contribution in [0.15, 0.2) is 29.6 Å². The number of hydrogen-bond acceptors (Lipinski definition) is 5. The van der Waals surface area contributed by atoms with E-state index in [1.54, 1.807) is 29.5 Å². The van der Waals surface area contributed by atoms with Gasteiger partial charge in [0.05, 0.1) is 6.10 Å². The molecule has 1 saturated heterocycles. The van der Waals surface area contributed by atoms with Gasteiger partial charge in [0.15, 0.2) is 5.13 Å².